The van der Waals surface area contributed by atoms with Crippen molar-refractivity contribution >= 4 is 23.1 Å². The zero-order valence-electron chi connectivity index (χ0n) is 11.6. The number of carbonyl (C=O) groups is 1. The predicted octanol–water partition coefficient (Wildman–Crippen LogP) is 1.76. The molecule has 2 unspecified atom stereocenters. The summed E-state index contributed by atoms with van der Waals surface area (Å²) in [6.07, 6.45) is 5.93. The molecule has 4 nitrogen and oxygen atoms in total. The molecule has 0 aromatic rings. The molecule has 2 fully saturated rings. The van der Waals surface area contributed by atoms with Crippen LogP contribution in [0.25, 0.3) is 0 Å². The number of hydrogen-bond donors (Lipinski definition) is 2. The van der Waals surface area contributed by atoms with E-state index >= 15 is 0 Å². The van der Waals surface area contributed by atoms with Gasteiger partial charge in [0.2, 0.25) is 5.91 Å². The molecule has 108 valence electrons. The zero-order valence-corrected chi connectivity index (χ0v) is 12.4. The van der Waals surface area contributed by atoms with E-state index < -0.39 is 5.41 Å². The third-order valence-corrected chi connectivity index (χ3v) is 5.07. The Bertz CT molecular complexity index is 353. The SMILES string of the molecule is CC1CCCCC1NC(=O)C1(C(N)=S)CCOCC1. The van der Waals surface area contributed by atoms with Gasteiger partial charge in [-0.3, -0.25) is 4.79 Å². The first-order chi connectivity index (χ1) is 9.06. The van der Waals surface area contributed by atoms with E-state index in [1.807, 2.05) is 0 Å². The zero-order chi connectivity index (χ0) is 13.9. The van der Waals surface area contributed by atoms with Gasteiger partial charge in [-0.05, 0) is 31.6 Å². The normalized spacial score (nSPS) is 30.6. The molecule has 1 aliphatic heterocycles. The summed E-state index contributed by atoms with van der Waals surface area (Å²) < 4.78 is 5.34. The van der Waals surface area contributed by atoms with Crippen LogP contribution in [-0.2, 0) is 9.53 Å². The number of carbonyl (C=O) groups excluding carboxylic acids is 1. The van der Waals surface area contributed by atoms with Gasteiger partial charge in [0.15, 0.2) is 0 Å². The minimum atomic E-state index is -0.690. The second-order valence-electron chi connectivity index (χ2n) is 5.90. The van der Waals surface area contributed by atoms with Crippen LogP contribution in [0, 0.1) is 11.3 Å². The lowest BCUT2D eigenvalue weighted by Gasteiger charge is -2.38. The largest absolute Gasteiger partial charge is 0.392 e. The van der Waals surface area contributed by atoms with E-state index in [4.69, 9.17) is 22.7 Å². The van der Waals surface area contributed by atoms with Crippen LogP contribution in [0.2, 0.25) is 0 Å². The lowest BCUT2D eigenvalue weighted by Crippen LogP contribution is -2.55. The average Bonchev–Trinajstić information content (AvgIpc) is 2.42. The number of nitrogens with one attached hydrogen (secondary N) is 1. The molecule has 0 bridgehead atoms. The molecule has 5 heteroatoms. The van der Waals surface area contributed by atoms with Crippen molar-refractivity contribution in [3.8, 4) is 0 Å². The molecule has 0 aromatic heterocycles. The smallest absolute Gasteiger partial charge is 0.233 e. The average molecular weight is 284 g/mol. The van der Waals surface area contributed by atoms with Crippen molar-refractivity contribution in [3.05, 3.63) is 0 Å². The first-order valence-electron chi connectivity index (χ1n) is 7.25. The highest BCUT2D eigenvalue weighted by molar-refractivity contribution is 7.80. The van der Waals surface area contributed by atoms with Gasteiger partial charge in [-0.25, -0.2) is 0 Å². The standard InChI is InChI=1S/C14H24N2O2S/c1-10-4-2-3-5-11(10)16-13(17)14(12(15)19)6-8-18-9-7-14/h10-11H,2-9H2,1H3,(H2,15,19)(H,16,17). The Morgan fingerprint density at radius 3 is 2.53 bits per heavy atom. The lowest BCUT2D eigenvalue weighted by molar-refractivity contribution is -0.132. The second-order valence-corrected chi connectivity index (χ2v) is 6.34. The van der Waals surface area contributed by atoms with Gasteiger partial charge in [0.1, 0.15) is 5.41 Å². The number of thiocarbonyl (C=S) groups is 1. The second kappa shape index (κ2) is 6.18. The number of rotatable bonds is 3. The Morgan fingerprint density at radius 2 is 1.95 bits per heavy atom. The fourth-order valence-corrected chi connectivity index (χ4v) is 3.44. The Balaban J connectivity index is 2.05. The summed E-state index contributed by atoms with van der Waals surface area (Å²) in [6, 6.07) is 0.273. The van der Waals surface area contributed by atoms with E-state index in [2.05, 4.69) is 12.2 Å². The monoisotopic (exact) mass is 284 g/mol. The molecule has 19 heavy (non-hydrogen) atoms. The lowest BCUT2D eigenvalue weighted by atomic mass is 9.78. The topological polar surface area (TPSA) is 64.4 Å². The number of hydrogen-bond acceptors (Lipinski definition) is 3. The summed E-state index contributed by atoms with van der Waals surface area (Å²) >= 11 is 5.16. The molecular weight excluding hydrogens is 260 g/mol. The summed E-state index contributed by atoms with van der Waals surface area (Å²) in [6.45, 7) is 3.33. The third-order valence-electron chi connectivity index (χ3n) is 4.68. The molecular formula is C14H24N2O2S. The quantitative estimate of drug-likeness (QED) is 0.775. The van der Waals surface area contributed by atoms with E-state index in [0.29, 0.717) is 37.0 Å². The third kappa shape index (κ3) is 3.08. The van der Waals surface area contributed by atoms with E-state index in [1.54, 1.807) is 0 Å². The minimum Gasteiger partial charge on any atom is -0.392 e. The van der Waals surface area contributed by atoms with Crippen molar-refractivity contribution in [1.29, 1.82) is 0 Å². The fraction of sp³-hybridized carbons (Fsp3) is 0.857. The molecule has 0 spiro atoms. The van der Waals surface area contributed by atoms with Crippen molar-refractivity contribution in [2.45, 2.75) is 51.5 Å². The van der Waals surface area contributed by atoms with Gasteiger partial charge >= 0.3 is 0 Å². The molecule has 1 aliphatic carbocycles. The van der Waals surface area contributed by atoms with Crippen molar-refractivity contribution in [3.63, 3.8) is 0 Å². The van der Waals surface area contributed by atoms with Crippen LogP contribution < -0.4 is 11.1 Å². The fourth-order valence-electron chi connectivity index (χ4n) is 3.14. The van der Waals surface area contributed by atoms with Gasteiger partial charge in [-0.1, -0.05) is 32.0 Å². The molecule has 3 N–H and O–H groups in total. The van der Waals surface area contributed by atoms with Crippen molar-refractivity contribution in [1.82, 2.24) is 5.32 Å². The maximum absolute atomic E-state index is 12.6. The van der Waals surface area contributed by atoms with Gasteiger partial charge in [-0.15, -0.1) is 0 Å². The van der Waals surface area contributed by atoms with Crippen molar-refractivity contribution < 1.29 is 9.53 Å². The maximum Gasteiger partial charge on any atom is 0.233 e. The highest BCUT2D eigenvalue weighted by Crippen LogP contribution is 2.33. The molecule has 2 atom stereocenters. The summed E-state index contributed by atoms with van der Waals surface area (Å²) in [7, 11) is 0. The number of nitrogens with two attached hydrogens (primary N) is 1. The van der Waals surface area contributed by atoms with E-state index in [1.165, 1.54) is 19.3 Å². The Hall–Kier alpha value is -0.680. The van der Waals surface area contributed by atoms with Crippen LogP contribution in [0.15, 0.2) is 0 Å². The molecule has 1 amide bonds. The number of amides is 1. The summed E-state index contributed by atoms with van der Waals surface area (Å²) in [4.78, 5) is 13.0. The summed E-state index contributed by atoms with van der Waals surface area (Å²) in [5, 5.41) is 3.20. The van der Waals surface area contributed by atoms with Crippen LogP contribution in [0.5, 0.6) is 0 Å². The van der Waals surface area contributed by atoms with Crippen LogP contribution >= 0.6 is 12.2 Å². The highest BCUT2D eigenvalue weighted by atomic mass is 32.1. The van der Waals surface area contributed by atoms with Gasteiger partial charge in [0.05, 0.1) is 4.99 Å². The first-order valence-corrected chi connectivity index (χ1v) is 7.66. The van der Waals surface area contributed by atoms with Gasteiger partial charge in [-0.2, -0.15) is 0 Å². The van der Waals surface area contributed by atoms with Crippen LogP contribution in [0.1, 0.15) is 45.4 Å². The first kappa shape index (κ1) is 14.7. The molecule has 2 aliphatic rings. The van der Waals surface area contributed by atoms with Gasteiger partial charge < -0.3 is 15.8 Å². The van der Waals surface area contributed by atoms with E-state index in [0.717, 1.165) is 6.42 Å². The highest BCUT2D eigenvalue weighted by Gasteiger charge is 2.44. The van der Waals surface area contributed by atoms with E-state index in [-0.39, 0.29) is 11.9 Å². The Labute approximate surface area is 120 Å². The molecule has 0 aromatic carbocycles. The summed E-state index contributed by atoms with van der Waals surface area (Å²) in [5.41, 5.74) is 5.17. The van der Waals surface area contributed by atoms with Gasteiger partial charge in [0, 0.05) is 19.3 Å². The minimum absolute atomic E-state index is 0.0158. The maximum atomic E-state index is 12.6. The Morgan fingerprint density at radius 1 is 1.32 bits per heavy atom. The molecule has 1 heterocycles. The molecule has 0 radical (unpaired) electrons. The van der Waals surface area contributed by atoms with Crippen molar-refractivity contribution in [2.24, 2.45) is 17.1 Å². The molecule has 1 saturated carbocycles. The van der Waals surface area contributed by atoms with Gasteiger partial charge in [0.25, 0.3) is 0 Å². The van der Waals surface area contributed by atoms with E-state index in [9.17, 15) is 4.79 Å². The van der Waals surface area contributed by atoms with Crippen LogP contribution in [0.3, 0.4) is 0 Å². The molecule has 2 rings (SSSR count). The van der Waals surface area contributed by atoms with Crippen LogP contribution in [-0.4, -0.2) is 30.2 Å². The summed E-state index contributed by atoms with van der Waals surface area (Å²) in [5.74, 6) is 0.558. The van der Waals surface area contributed by atoms with Crippen molar-refractivity contribution in [2.75, 3.05) is 13.2 Å². The van der Waals surface area contributed by atoms with Crippen LogP contribution in [0.4, 0.5) is 0 Å². The predicted molar refractivity (Wildman–Crippen MR) is 78.8 cm³/mol. The molecule has 1 saturated heterocycles. The number of ether oxygens (including phenoxy) is 1. The Kier molecular flexibility index (Phi) is 4.79.